The molecule has 7 heteroatoms. The molecule has 0 saturated heterocycles. The van der Waals surface area contributed by atoms with Crippen LogP contribution in [-0.2, 0) is 20.7 Å². The molecule has 0 fully saturated rings. The number of nitrogens with two attached hydrogens (primary N) is 1. The Hall–Kier alpha value is -1.96. The van der Waals surface area contributed by atoms with Crippen LogP contribution in [0.3, 0.4) is 0 Å². The Morgan fingerprint density at radius 2 is 1.97 bits per heavy atom. The molecule has 4 atom stereocenters. The van der Waals surface area contributed by atoms with Crippen molar-refractivity contribution in [1.82, 2.24) is 5.32 Å². The van der Waals surface area contributed by atoms with E-state index >= 15 is 0 Å². The molecule has 198 valence electrons. The maximum Gasteiger partial charge on any atom is 0.227 e. The molecule has 1 aliphatic heterocycles. The molecule has 0 radical (unpaired) electrons. The lowest BCUT2D eigenvalue weighted by Gasteiger charge is -2.37. The minimum atomic E-state index is -0.807. The summed E-state index contributed by atoms with van der Waals surface area (Å²) in [6.45, 7) is 11.9. The second-order valence-electron chi connectivity index (χ2n) is 10.9. The number of hydrogen-bond donors (Lipinski definition) is 3. The average Bonchev–Trinajstić information content (AvgIpc) is 2.81. The number of carbonyl (C=O) groups is 2. The summed E-state index contributed by atoms with van der Waals surface area (Å²) in [5, 5.41) is 13.6. The summed E-state index contributed by atoms with van der Waals surface area (Å²) < 4.78 is 6.00. The first-order valence-corrected chi connectivity index (χ1v) is 13.3. The zero-order valence-corrected chi connectivity index (χ0v) is 22.4. The number of ether oxygens (including phenoxy) is 1. The van der Waals surface area contributed by atoms with Gasteiger partial charge in [0.25, 0.3) is 0 Å². The molecular weight excluding hydrogens is 442 g/mol. The van der Waals surface area contributed by atoms with Crippen molar-refractivity contribution in [3.8, 4) is 0 Å². The number of anilines is 1. The Labute approximate surface area is 211 Å². The van der Waals surface area contributed by atoms with Crippen LogP contribution in [0.25, 0.3) is 0 Å². The highest BCUT2D eigenvalue weighted by Gasteiger charge is 2.34. The fourth-order valence-corrected chi connectivity index (χ4v) is 4.75. The van der Waals surface area contributed by atoms with Gasteiger partial charge in [-0.2, -0.15) is 0 Å². The van der Waals surface area contributed by atoms with Crippen LogP contribution in [0.15, 0.2) is 24.3 Å². The number of nitrogens with zero attached hydrogens (tertiary/aromatic N) is 1. The van der Waals surface area contributed by atoms with E-state index in [1.54, 1.807) is 0 Å². The highest BCUT2D eigenvalue weighted by atomic mass is 16.5. The molecule has 0 bridgehead atoms. The first-order valence-electron chi connectivity index (χ1n) is 13.3. The lowest BCUT2D eigenvalue weighted by molar-refractivity contribution is -0.125. The number of aliphatic hydroxyl groups is 1. The summed E-state index contributed by atoms with van der Waals surface area (Å²) in [5.41, 5.74) is 8.03. The number of hydrogen-bond acceptors (Lipinski definition) is 5. The predicted molar refractivity (Wildman–Crippen MR) is 141 cm³/mol. The van der Waals surface area contributed by atoms with Gasteiger partial charge in [-0.05, 0) is 42.7 Å². The maximum absolute atomic E-state index is 13.5. The molecule has 1 aliphatic rings. The molecule has 1 heterocycles. The van der Waals surface area contributed by atoms with Crippen molar-refractivity contribution in [2.45, 2.75) is 97.8 Å². The molecule has 1 aromatic rings. The summed E-state index contributed by atoms with van der Waals surface area (Å²) >= 11 is 0. The third-order valence-electron chi connectivity index (χ3n) is 6.76. The number of carbonyl (C=O) groups excluding carboxylic acids is 2. The fourth-order valence-electron chi connectivity index (χ4n) is 4.75. The van der Waals surface area contributed by atoms with E-state index in [4.69, 9.17) is 10.5 Å². The van der Waals surface area contributed by atoms with Crippen molar-refractivity contribution < 1.29 is 19.4 Å². The zero-order chi connectivity index (χ0) is 26.0. The van der Waals surface area contributed by atoms with Gasteiger partial charge in [-0.15, -0.1) is 0 Å². The number of rotatable bonds is 14. The van der Waals surface area contributed by atoms with Gasteiger partial charge < -0.3 is 25.8 Å². The zero-order valence-electron chi connectivity index (χ0n) is 22.4. The van der Waals surface area contributed by atoms with Gasteiger partial charge >= 0.3 is 0 Å². The second kappa shape index (κ2) is 14.0. The molecule has 4 N–H and O–H groups in total. The molecule has 0 spiro atoms. The molecule has 35 heavy (non-hydrogen) atoms. The topological polar surface area (TPSA) is 105 Å². The summed E-state index contributed by atoms with van der Waals surface area (Å²) in [6.07, 6.45) is 4.00. The van der Waals surface area contributed by atoms with Crippen molar-refractivity contribution in [3.63, 3.8) is 0 Å². The third-order valence-corrected chi connectivity index (χ3v) is 6.76. The van der Waals surface area contributed by atoms with Gasteiger partial charge in [0.15, 0.2) is 0 Å². The van der Waals surface area contributed by atoms with Gasteiger partial charge in [-0.25, -0.2) is 0 Å². The first kappa shape index (κ1) is 29.3. The Morgan fingerprint density at radius 1 is 1.26 bits per heavy atom. The Bertz CT molecular complexity index is 813. The molecule has 2 rings (SSSR count). The maximum atomic E-state index is 13.5. The van der Waals surface area contributed by atoms with E-state index in [1.807, 2.05) is 43.9 Å². The highest BCUT2D eigenvalue weighted by molar-refractivity contribution is 5.95. The van der Waals surface area contributed by atoms with Crippen LogP contribution >= 0.6 is 0 Å². The normalized spacial score (nSPS) is 18.5. The van der Waals surface area contributed by atoms with Crippen molar-refractivity contribution in [3.05, 3.63) is 29.8 Å². The Kier molecular flexibility index (Phi) is 11.7. The molecular formula is C28H47N3O4. The van der Waals surface area contributed by atoms with Crippen LogP contribution < -0.4 is 16.0 Å². The first-order chi connectivity index (χ1) is 16.6. The second-order valence-corrected chi connectivity index (χ2v) is 10.9. The number of para-hydroxylation sites is 1. The largest absolute Gasteiger partial charge is 0.391 e. The van der Waals surface area contributed by atoms with E-state index in [0.29, 0.717) is 39.0 Å². The van der Waals surface area contributed by atoms with E-state index in [2.05, 4.69) is 25.2 Å². The SMILES string of the molecule is CCCCNC(=O)[C@H](C)C[C@H](O)[C@@H](N)CC(C)(C)CC(=O)N1CC(OCCC)Cc2ccccc21. The van der Waals surface area contributed by atoms with E-state index in [9.17, 15) is 14.7 Å². The van der Waals surface area contributed by atoms with Crippen molar-refractivity contribution in [2.24, 2.45) is 17.1 Å². The van der Waals surface area contributed by atoms with Gasteiger partial charge in [0.05, 0.1) is 18.8 Å². The van der Waals surface area contributed by atoms with Crippen LogP contribution in [0.2, 0.25) is 0 Å². The standard InChI is InChI=1S/C28H47N3O4/c1-6-8-13-30-27(34)20(3)15-25(32)23(29)17-28(4,5)18-26(33)31-19-22(35-14-7-2)16-21-11-9-10-12-24(21)31/h9-12,20,22-23,25,32H,6-8,13-19,29H2,1-5H3,(H,30,34)/t20-,22?,23+,25+/m1/s1. The van der Waals surface area contributed by atoms with Gasteiger partial charge in [0.2, 0.25) is 11.8 Å². The number of unbranched alkanes of at least 4 members (excludes halogenated alkanes) is 1. The van der Waals surface area contributed by atoms with Crippen LogP contribution in [0.4, 0.5) is 5.69 Å². The van der Waals surface area contributed by atoms with E-state index in [-0.39, 0.29) is 23.8 Å². The lowest BCUT2D eigenvalue weighted by Crippen LogP contribution is -2.46. The number of fused-ring (bicyclic) bond motifs is 1. The van der Waals surface area contributed by atoms with Gasteiger partial charge in [0, 0.05) is 43.6 Å². The third kappa shape index (κ3) is 9.21. The molecule has 0 aromatic heterocycles. The van der Waals surface area contributed by atoms with Gasteiger partial charge in [0.1, 0.15) is 0 Å². The summed E-state index contributed by atoms with van der Waals surface area (Å²) in [6, 6.07) is 7.51. The average molecular weight is 490 g/mol. The van der Waals surface area contributed by atoms with Crippen molar-refractivity contribution in [1.29, 1.82) is 0 Å². The number of benzene rings is 1. The fraction of sp³-hybridized carbons (Fsp3) is 0.714. The van der Waals surface area contributed by atoms with Crippen LogP contribution in [0.5, 0.6) is 0 Å². The van der Waals surface area contributed by atoms with E-state index in [0.717, 1.165) is 36.9 Å². The highest BCUT2D eigenvalue weighted by Crippen LogP contribution is 2.33. The molecule has 1 aromatic carbocycles. The molecule has 0 saturated carbocycles. The predicted octanol–water partition coefficient (Wildman–Crippen LogP) is 3.81. The van der Waals surface area contributed by atoms with Crippen LogP contribution in [-0.4, -0.2) is 54.9 Å². The molecule has 0 aliphatic carbocycles. The minimum Gasteiger partial charge on any atom is -0.391 e. The lowest BCUT2D eigenvalue weighted by atomic mass is 9.79. The number of aliphatic hydroxyl groups excluding tert-OH is 1. The Morgan fingerprint density at radius 3 is 2.66 bits per heavy atom. The van der Waals surface area contributed by atoms with Crippen LogP contribution in [0.1, 0.15) is 78.7 Å². The number of amides is 2. The van der Waals surface area contributed by atoms with E-state index < -0.39 is 17.6 Å². The van der Waals surface area contributed by atoms with Gasteiger partial charge in [-0.1, -0.05) is 59.2 Å². The number of nitrogens with one attached hydrogen (secondary N) is 1. The van der Waals surface area contributed by atoms with Gasteiger partial charge in [-0.3, -0.25) is 9.59 Å². The summed E-state index contributed by atoms with van der Waals surface area (Å²) in [7, 11) is 0. The quantitative estimate of drug-likeness (QED) is 0.345. The summed E-state index contributed by atoms with van der Waals surface area (Å²) in [5.74, 6) is -0.331. The molecule has 2 amide bonds. The summed E-state index contributed by atoms with van der Waals surface area (Å²) in [4.78, 5) is 27.6. The minimum absolute atomic E-state index is 0.00838. The molecule has 1 unspecified atom stereocenters. The Balaban J connectivity index is 1.96. The van der Waals surface area contributed by atoms with Crippen molar-refractivity contribution >= 4 is 17.5 Å². The van der Waals surface area contributed by atoms with Crippen LogP contribution in [0, 0.1) is 11.3 Å². The monoisotopic (exact) mass is 489 g/mol. The molecule has 7 nitrogen and oxygen atoms in total. The van der Waals surface area contributed by atoms with Crippen molar-refractivity contribution in [2.75, 3.05) is 24.6 Å². The van der Waals surface area contributed by atoms with E-state index in [1.165, 1.54) is 0 Å². The smallest absolute Gasteiger partial charge is 0.227 e.